The highest BCUT2D eigenvalue weighted by Gasteiger charge is 2.08. The number of halogens is 2. The van der Waals surface area contributed by atoms with Gasteiger partial charge in [0.05, 0.1) is 11.6 Å². The molecule has 0 bridgehead atoms. The Morgan fingerprint density at radius 2 is 1.55 bits per heavy atom. The fourth-order valence-corrected chi connectivity index (χ4v) is 2.09. The molecule has 0 aliphatic rings. The number of benzene rings is 2. The number of ether oxygens (including phenoxy) is 1. The Kier molecular flexibility index (Phi) is 3.99. The van der Waals surface area contributed by atoms with Crippen LogP contribution >= 0.6 is 0 Å². The molecule has 4 heteroatoms. The van der Waals surface area contributed by atoms with E-state index in [0.717, 1.165) is 17.2 Å². The Labute approximate surface area is 116 Å². The van der Waals surface area contributed by atoms with E-state index < -0.39 is 11.6 Å². The van der Waals surface area contributed by atoms with Crippen molar-refractivity contribution in [2.75, 3.05) is 0 Å². The maximum atomic E-state index is 13.1. The highest BCUT2D eigenvalue weighted by Crippen LogP contribution is 2.25. The molecule has 20 heavy (non-hydrogen) atoms. The van der Waals surface area contributed by atoms with Crippen LogP contribution in [0.4, 0.5) is 8.78 Å². The van der Waals surface area contributed by atoms with E-state index in [1.165, 1.54) is 12.1 Å². The summed E-state index contributed by atoms with van der Waals surface area (Å²) in [7, 11) is 0. The molecular formula is C16H13F2NO. The fraction of sp³-hybridized carbons (Fsp3) is 0.188. The number of nitriles is 1. The molecule has 0 heterocycles. The molecule has 0 radical (unpaired) electrons. The Bertz CT molecular complexity index is 646. The second-order valence-electron chi connectivity index (χ2n) is 4.62. The SMILES string of the molecule is Cc1cc(C#N)cc(C)c1OCc1cc(F)cc(F)c1. The van der Waals surface area contributed by atoms with E-state index in [4.69, 9.17) is 10.00 Å². The Morgan fingerprint density at radius 3 is 2.05 bits per heavy atom. The van der Waals surface area contributed by atoms with Gasteiger partial charge in [0.1, 0.15) is 24.0 Å². The predicted octanol–water partition coefficient (Wildman–Crippen LogP) is 4.03. The van der Waals surface area contributed by atoms with Crippen LogP contribution in [0.1, 0.15) is 22.3 Å². The molecule has 0 saturated carbocycles. The topological polar surface area (TPSA) is 33.0 Å². The van der Waals surface area contributed by atoms with E-state index in [1.54, 1.807) is 12.1 Å². The van der Waals surface area contributed by atoms with Gasteiger partial charge < -0.3 is 4.74 Å². The average molecular weight is 273 g/mol. The first-order chi connectivity index (χ1) is 9.49. The third-order valence-electron chi connectivity index (χ3n) is 2.89. The van der Waals surface area contributed by atoms with E-state index in [9.17, 15) is 8.78 Å². The van der Waals surface area contributed by atoms with E-state index in [1.807, 2.05) is 13.8 Å². The van der Waals surface area contributed by atoms with E-state index in [-0.39, 0.29) is 6.61 Å². The van der Waals surface area contributed by atoms with Crippen LogP contribution in [0.25, 0.3) is 0 Å². The monoisotopic (exact) mass is 273 g/mol. The van der Waals surface area contributed by atoms with Gasteiger partial charge in [0.15, 0.2) is 0 Å². The third kappa shape index (κ3) is 3.12. The molecule has 0 fully saturated rings. The van der Waals surface area contributed by atoms with Crippen molar-refractivity contribution < 1.29 is 13.5 Å². The molecular weight excluding hydrogens is 260 g/mol. The van der Waals surface area contributed by atoms with Crippen molar-refractivity contribution in [2.45, 2.75) is 20.5 Å². The first-order valence-electron chi connectivity index (χ1n) is 6.08. The normalized spacial score (nSPS) is 10.2. The lowest BCUT2D eigenvalue weighted by Gasteiger charge is -2.12. The van der Waals surface area contributed by atoms with Crippen LogP contribution in [-0.2, 0) is 6.61 Å². The third-order valence-corrected chi connectivity index (χ3v) is 2.89. The predicted molar refractivity (Wildman–Crippen MR) is 71.3 cm³/mol. The Morgan fingerprint density at radius 1 is 1.00 bits per heavy atom. The summed E-state index contributed by atoms with van der Waals surface area (Å²) in [6.45, 7) is 3.73. The molecule has 0 aliphatic carbocycles. The summed E-state index contributed by atoms with van der Waals surface area (Å²) in [5.41, 5.74) is 2.62. The van der Waals surface area contributed by atoms with Gasteiger partial charge in [0.2, 0.25) is 0 Å². The summed E-state index contributed by atoms with van der Waals surface area (Å²) in [5.74, 6) is -0.623. The highest BCUT2D eigenvalue weighted by molar-refractivity contribution is 5.47. The van der Waals surface area contributed by atoms with E-state index in [2.05, 4.69) is 6.07 Å². The molecule has 0 unspecified atom stereocenters. The van der Waals surface area contributed by atoms with Crippen molar-refractivity contribution in [1.82, 2.24) is 0 Å². The second kappa shape index (κ2) is 5.70. The van der Waals surface area contributed by atoms with Crippen molar-refractivity contribution in [2.24, 2.45) is 0 Å². The number of nitrogens with zero attached hydrogens (tertiary/aromatic N) is 1. The van der Waals surface area contributed by atoms with Crippen LogP contribution in [0, 0.1) is 36.8 Å². The first kappa shape index (κ1) is 14.0. The molecule has 0 aromatic heterocycles. The van der Waals surface area contributed by atoms with Gasteiger partial charge in [-0.25, -0.2) is 8.78 Å². The zero-order valence-electron chi connectivity index (χ0n) is 11.2. The van der Waals surface area contributed by atoms with Gasteiger partial charge in [-0.15, -0.1) is 0 Å². The van der Waals surface area contributed by atoms with Gasteiger partial charge in [0, 0.05) is 6.07 Å². The molecule has 2 aromatic carbocycles. The van der Waals surface area contributed by atoms with E-state index in [0.29, 0.717) is 16.9 Å². The average Bonchev–Trinajstić information content (AvgIpc) is 2.36. The number of hydrogen-bond acceptors (Lipinski definition) is 2. The maximum Gasteiger partial charge on any atom is 0.126 e. The van der Waals surface area contributed by atoms with Crippen LogP contribution in [-0.4, -0.2) is 0 Å². The van der Waals surface area contributed by atoms with Crippen LogP contribution in [0.3, 0.4) is 0 Å². The zero-order chi connectivity index (χ0) is 14.7. The van der Waals surface area contributed by atoms with Crippen molar-refractivity contribution in [1.29, 1.82) is 5.26 Å². The molecule has 0 aliphatic heterocycles. The van der Waals surface area contributed by atoms with Crippen LogP contribution in [0.15, 0.2) is 30.3 Å². The van der Waals surface area contributed by atoms with Gasteiger partial charge in [-0.05, 0) is 54.8 Å². The summed E-state index contributed by atoms with van der Waals surface area (Å²) in [6, 6.07) is 8.79. The van der Waals surface area contributed by atoms with Gasteiger partial charge in [-0.3, -0.25) is 0 Å². The molecule has 2 aromatic rings. The van der Waals surface area contributed by atoms with Crippen LogP contribution in [0.2, 0.25) is 0 Å². The lowest BCUT2D eigenvalue weighted by molar-refractivity contribution is 0.300. The van der Waals surface area contributed by atoms with Crippen molar-refractivity contribution in [3.05, 3.63) is 64.2 Å². The molecule has 102 valence electrons. The van der Waals surface area contributed by atoms with Crippen molar-refractivity contribution in [3.63, 3.8) is 0 Å². The van der Waals surface area contributed by atoms with Gasteiger partial charge in [-0.1, -0.05) is 0 Å². The Balaban J connectivity index is 2.21. The van der Waals surface area contributed by atoms with Gasteiger partial charge >= 0.3 is 0 Å². The van der Waals surface area contributed by atoms with E-state index >= 15 is 0 Å². The van der Waals surface area contributed by atoms with Crippen LogP contribution < -0.4 is 4.74 Å². The first-order valence-corrected chi connectivity index (χ1v) is 6.08. The summed E-state index contributed by atoms with van der Waals surface area (Å²) >= 11 is 0. The zero-order valence-corrected chi connectivity index (χ0v) is 11.2. The molecule has 0 N–H and O–H groups in total. The number of aryl methyl sites for hydroxylation is 2. The minimum atomic E-state index is -0.628. The van der Waals surface area contributed by atoms with Gasteiger partial charge in [0.25, 0.3) is 0 Å². The molecule has 0 amide bonds. The lowest BCUT2D eigenvalue weighted by atomic mass is 10.1. The minimum absolute atomic E-state index is 0.0717. The fourth-order valence-electron chi connectivity index (χ4n) is 2.09. The summed E-state index contributed by atoms with van der Waals surface area (Å²) in [4.78, 5) is 0. The molecule has 0 saturated heterocycles. The molecule has 0 spiro atoms. The molecule has 0 atom stereocenters. The number of hydrogen-bond donors (Lipinski definition) is 0. The van der Waals surface area contributed by atoms with Gasteiger partial charge in [-0.2, -0.15) is 5.26 Å². The highest BCUT2D eigenvalue weighted by atomic mass is 19.1. The van der Waals surface area contributed by atoms with Crippen molar-refractivity contribution in [3.8, 4) is 11.8 Å². The summed E-state index contributed by atoms with van der Waals surface area (Å²) in [5, 5.41) is 8.87. The molecule has 2 nitrogen and oxygen atoms in total. The second-order valence-corrected chi connectivity index (χ2v) is 4.62. The smallest absolute Gasteiger partial charge is 0.126 e. The quantitative estimate of drug-likeness (QED) is 0.845. The maximum absolute atomic E-state index is 13.1. The van der Waals surface area contributed by atoms with Crippen molar-refractivity contribution >= 4 is 0 Å². The lowest BCUT2D eigenvalue weighted by Crippen LogP contribution is -2.00. The summed E-state index contributed by atoms with van der Waals surface area (Å²) < 4.78 is 31.8. The Hall–Kier alpha value is -2.41. The molecule has 2 rings (SSSR count). The van der Waals surface area contributed by atoms with Crippen LogP contribution in [0.5, 0.6) is 5.75 Å². The standard InChI is InChI=1S/C16H13F2NO/c1-10-3-12(8-19)4-11(2)16(10)20-9-13-5-14(17)7-15(18)6-13/h3-7H,9H2,1-2H3. The summed E-state index contributed by atoms with van der Waals surface area (Å²) in [6.07, 6.45) is 0. The minimum Gasteiger partial charge on any atom is -0.488 e. The largest absolute Gasteiger partial charge is 0.488 e. The number of rotatable bonds is 3.